The molecule has 2 aliphatic heterocycles. The predicted molar refractivity (Wildman–Crippen MR) is 50.1 cm³/mol. The summed E-state index contributed by atoms with van der Waals surface area (Å²) in [5, 5.41) is 0. The fraction of sp³-hybridized carbons (Fsp3) is 0.400. The molecule has 0 saturated carbocycles. The lowest BCUT2D eigenvalue weighted by atomic mass is 10.1. The Morgan fingerprint density at radius 1 is 1.25 bits per heavy atom. The van der Waals surface area contributed by atoms with Crippen molar-refractivity contribution < 1.29 is 0 Å². The Morgan fingerprint density at radius 2 is 2.00 bits per heavy atom. The molecule has 2 heteroatoms. The van der Waals surface area contributed by atoms with E-state index in [1.807, 2.05) is 0 Å². The van der Waals surface area contributed by atoms with E-state index in [0.29, 0.717) is 0 Å². The zero-order chi connectivity index (χ0) is 8.72. The first-order chi connectivity index (χ1) is 5.68. The van der Waals surface area contributed by atoms with Gasteiger partial charge in [0.25, 0.3) is 0 Å². The molecule has 2 rings (SSSR count). The van der Waals surface area contributed by atoms with Crippen molar-refractivity contribution in [3.05, 3.63) is 35.3 Å². The fourth-order valence-electron chi connectivity index (χ4n) is 1.66. The maximum Gasteiger partial charge on any atom is 0.0941 e. The quantitative estimate of drug-likeness (QED) is 0.536. The second-order valence-corrected chi connectivity index (χ2v) is 3.50. The third-order valence-electron chi connectivity index (χ3n) is 2.40. The molecule has 0 aromatic heterocycles. The summed E-state index contributed by atoms with van der Waals surface area (Å²) in [6.07, 6.45) is 6.55. The Morgan fingerprint density at radius 3 is 2.67 bits per heavy atom. The van der Waals surface area contributed by atoms with Crippen LogP contribution >= 0.6 is 0 Å². The molecule has 0 N–H and O–H groups in total. The molecule has 2 heterocycles. The van der Waals surface area contributed by atoms with Crippen LogP contribution in [0.5, 0.6) is 0 Å². The zero-order valence-corrected chi connectivity index (χ0v) is 7.83. The average molecular weight is 162 g/mol. The fourth-order valence-corrected chi connectivity index (χ4v) is 1.66. The van der Waals surface area contributed by atoms with Gasteiger partial charge >= 0.3 is 0 Å². The van der Waals surface area contributed by atoms with Gasteiger partial charge < -0.3 is 9.80 Å². The van der Waals surface area contributed by atoms with Crippen LogP contribution in [0.15, 0.2) is 35.3 Å². The van der Waals surface area contributed by atoms with Crippen LogP contribution in [-0.2, 0) is 0 Å². The van der Waals surface area contributed by atoms with Gasteiger partial charge in [-0.15, -0.1) is 0 Å². The summed E-state index contributed by atoms with van der Waals surface area (Å²) in [4.78, 5) is 4.53. The highest BCUT2D eigenvalue weighted by Crippen LogP contribution is 2.28. The summed E-state index contributed by atoms with van der Waals surface area (Å²) in [5.74, 6) is 0. The summed E-state index contributed by atoms with van der Waals surface area (Å²) in [7, 11) is 2.10. The molecule has 0 aromatic rings. The Hall–Kier alpha value is -1.18. The Bertz CT molecular complexity index is 297. The molecule has 2 nitrogen and oxygen atoms in total. The van der Waals surface area contributed by atoms with Crippen molar-refractivity contribution in [2.24, 2.45) is 0 Å². The van der Waals surface area contributed by atoms with E-state index in [0.717, 1.165) is 6.67 Å². The number of rotatable bonds is 0. The number of fused-ring (bicyclic) bond motifs is 1. The molecular weight excluding hydrogens is 148 g/mol. The first-order valence-electron chi connectivity index (χ1n) is 4.23. The van der Waals surface area contributed by atoms with Crippen molar-refractivity contribution in [3.8, 4) is 0 Å². The summed E-state index contributed by atoms with van der Waals surface area (Å²) in [6.45, 7) is 5.29. The van der Waals surface area contributed by atoms with Crippen LogP contribution in [0.2, 0.25) is 0 Å². The van der Waals surface area contributed by atoms with E-state index >= 15 is 0 Å². The maximum absolute atomic E-state index is 2.33. The largest absolute Gasteiger partial charge is 0.361 e. The van der Waals surface area contributed by atoms with Crippen molar-refractivity contribution in [2.45, 2.75) is 13.8 Å². The zero-order valence-electron chi connectivity index (χ0n) is 7.83. The van der Waals surface area contributed by atoms with E-state index in [4.69, 9.17) is 0 Å². The summed E-state index contributed by atoms with van der Waals surface area (Å²) < 4.78 is 0. The van der Waals surface area contributed by atoms with Gasteiger partial charge in [-0.25, -0.2) is 0 Å². The van der Waals surface area contributed by atoms with Crippen LogP contribution in [0.3, 0.4) is 0 Å². The molecule has 0 unspecified atom stereocenters. The van der Waals surface area contributed by atoms with Gasteiger partial charge in [-0.3, -0.25) is 0 Å². The van der Waals surface area contributed by atoms with E-state index in [1.165, 1.54) is 17.0 Å². The molecular formula is C10H14N2. The molecule has 0 bridgehead atoms. The monoisotopic (exact) mass is 162 g/mol. The maximum atomic E-state index is 2.33. The van der Waals surface area contributed by atoms with Crippen molar-refractivity contribution in [2.75, 3.05) is 13.7 Å². The van der Waals surface area contributed by atoms with Crippen LogP contribution in [0.25, 0.3) is 0 Å². The molecule has 0 aromatic carbocycles. The molecule has 0 amide bonds. The van der Waals surface area contributed by atoms with Crippen molar-refractivity contribution >= 4 is 0 Å². The van der Waals surface area contributed by atoms with Crippen molar-refractivity contribution in [1.29, 1.82) is 0 Å². The molecule has 0 atom stereocenters. The Labute approximate surface area is 73.5 Å². The van der Waals surface area contributed by atoms with E-state index < -0.39 is 0 Å². The first kappa shape index (κ1) is 7.47. The summed E-state index contributed by atoms with van der Waals surface area (Å²) in [5.41, 5.74) is 4.03. The van der Waals surface area contributed by atoms with Crippen LogP contribution in [-0.4, -0.2) is 23.5 Å². The lowest BCUT2D eigenvalue weighted by molar-refractivity contribution is 0.335. The van der Waals surface area contributed by atoms with Crippen molar-refractivity contribution in [3.63, 3.8) is 0 Å². The van der Waals surface area contributed by atoms with Crippen LogP contribution < -0.4 is 0 Å². The molecule has 0 fully saturated rings. The second kappa shape index (κ2) is 2.41. The average Bonchev–Trinajstić information content (AvgIpc) is 2.41. The second-order valence-electron chi connectivity index (χ2n) is 3.50. The molecule has 0 saturated heterocycles. The van der Waals surface area contributed by atoms with E-state index in [1.54, 1.807) is 0 Å². The molecule has 12 heavy (non-hydrogen) atoms. The number of nitrogens with zero attached hydrogens (tertiary/aromatic N) is 2. The lowest BCUT2D eigenvalue weighted by Gasteiger charge is -2.26. The minimum absolute atomic E-state index is 0.989. The molecule has 2 aliphatic rings. The normalized spacial score (nSPS) is 21.8. The molecule has 64 valence electrons. The lowest BCUT2D eigenvalue weighted by Crippen LogP contribution is -2.24. The van der Waals surface area contributed by atoms with Crippen LogP contribution in [0.4, 0.5) is 0 Å². The van der Waals surface area contributed by atoms with Crippen molar-refractivity contribution in [1.82, 2.24) is 9.80 Å². The van der Waals surface area contributed by atoms with E-state index in [9.17, 15) is 0 Å². The third-order valence-corrected chi connectivity index (χ3v) is 2.40. The van der Waals surface area contributed by atoms with Crippen LogP contribution in [0.1, 0.15) is 13.8 Å². The molecule has 0 spiro atoms. The standard InChI is InChI=1S/C10H14N2/c1-8-4-5-9(2)12-7-11(3)6-10(8)12/h4-6H,7H2,1-3H3. The highest BCUT2D eigenvalue weighted by atomic mass is 15.3. The van der Waals surface area contributed by atoms with Gasteiger partial charge in [0, 0.05) is 18.9 Å². The van der Waals surface area contributed by atoms with Crippen LogP contribution in [0, 0.1) is 0 Å². The highest BCUT2D eigenvalue weighted by molar-refractivity contribution is 5.40. The highest BCUT2D eigenvalue weighted by Gasteiger charge is 2.22. The third kappa shape index (κ3) is 0.951. The van der Waals surface area contributed by atoms with Gasteiger partial charge in [-0.2, -0.15) is 0 Å². The minimum Gasteiger partial charge on any atom is -0.361 e. The molecule has 0 radical (unpaired) electrons. The molecule has 0 aliphatic carbocycles. The summed E-state index contributed by atoms with van der Waals surface area (Å²) >= 11 is 0. The SMILES string of the molecule is CC1=CC=C(C)N2CN(C)C=C12. The van der Waals surface area contributed by atoms with E-state index in [2.05, 4.69) is 49.0 Å². The topological polar surface area (TPSA) is 6.48 Å². The summed E-state index contributed by atoms with van der Waals surface area (Å²) in [6, 6.07) is 0. The number of allylic oxidation sites excluding steroid dienone is 4. The van der Waals surface area contributed by atoms with Gasteiger partial charge in [0.15, 0.2) is 0 Å². The minimum atomic E-state index is 0.989. The number of hydrogen-bond acceptors (Lipinski definition) is 2. The predicted octanol–water partition coefficient (Wildman–Crippen LogP) is 1.90. The van der Waals surface area contributed by atoms with Gasteiger partial charge in [-0.1, -0.05) is 6.08 Å². The van der Waals surface area contributed by atoms with Gasteiger partial charge in [0.05, 0.1) is 12.4 Å². The Balaban J connectivity index is 2.40. The Kier molecular flexibility index (Phi) is 1.50. The van der Waals surface area contributed by atoms with Gasteiger partial charge in [0.1, 0.15) is 0 Å². The number of hydrogen-bond donors (Lipinski definition) is 0. The first-order valence-corrected chi connectivity index (χ1v) is 4.23. The smallest absolute Gasteiger partial charge is 0.0941 e. The van der Waals surface area contributed by atoms with Gasteiger partial charge in [0.2, 0.25) is 0 Å². The van der Waals surface area contributed by atoms with Gasteiger partial charge in [-0.05, 0) is 25.5 Å². The van der Waals surface area contributed by atoms with E-state index in [-0.39, 0.29) is 0 Å².